The Kier molecular flexibility index (Phi) is 11.1. The highest BCUT2D eigenvalue weighted by Gasteiger charge is 2.24. The first-order valence-corrected chi connectivity index (χ1v) is 11.0. The van der Waals surface area contributed by atoms with Gasteiger partial charge in [-0.2, -0.15) is 0 Å². The molecule has 1 unspecified atom stereocenters. The lowest BCUT2D eigenvalue weighted by Gasteiger charge is -2.35. The minimum absolute atomic E-state index is 0. The molecule has 2 fully saturated rings. The number of thiophene rings is 1. The van der Waals surface area contributed by atoms with Gasteiger partial charge in [0.2, 0.25) is 0 Å². The van der Waals surface area contributed by atoms with Gasteiger partial charge >= 0.3 is 0 Å². The second kappa shape index (κ2) is 13.0. The zero-order valence-electron chi connectivity index (χ0n) is 17.1. The van der Waals surface area contributed by atoms with E-state index in [1.807, 2.05) is 18.4 Å². The SMILES string of the molecule is CN=C(NCC(c1cccs1)N1CCOCC1)N(C)CCC1CCOCC1.I. The van der Waals surface area contributed by atoms with E-state index in [1.54, 1.807) is 0 Å². The molecular formula is C20H35IN4O2S. The van der Waals surface area contributed by atoms with Crippen LogP contribution in [0, 0.1) is 5.92 Å². The van der Waals surface area contributed by atoms with Crippen LogP contribution in [0.4, 0.5) is 0 Å². The summed E-state index contributed by atoms with van der Waals surface area (Å²) in [6.07, 6.45) is 3.59. The third-order valence-corrected chi connectivity index (χ3v) is 6.57. The Hall–Kier alpha value is -0.420. The molecule has 0 amide bonds. The predicted molar refractivity (Wildman–Crippen MR) is 127 cm³/mol. The quantitative estimate of drug-likeness (QED) is 0.339. The summed E-state index contributed by atoms with van der Waals surface area (Å²) >= 11 is 1.83. The van der Waals surface area contributed by atoms with Gasteiger partial charge < -0.3 is 19.7 Å². The molecule has 1 aromatic heterocycles. The van der Waals surface area contributed by atoms with Crippen LogP contribution in [-0.2, 0) is 9.47 Å². The van der Waals surface area contributed by atoms with Crippen molar-refractivity contribution in [3.05, 3.63) is 22.4 Å². The van der Waals surface area contributed by atoms with Crippen molar-refractivity contribution >= 4 is 41.3 Å². The monoisotopic (exact) mass is 522 g/mol. The maximum atomic E-state index is 5.54. The molecule has 2 saturated heterocycles. The van der Waals surface area contributed by atoms with Gasteiger partial charge in [-0.15, -0.1) is 35.3 Å². The smallest absolute Gasteiger partial charge is 0.193 e. The number of nitrogens with one attached hydrogen (secondary N) is 1. The first-order chi connectivity index (χ1) is 13.3. The Bertz CT molecular complexity index is 561. The number of nitrogens with zero attached hydrogens (tertiary/aromatic N) is 3. The summed E-state index contributed by atoms with van der Waals surface area (Å²) < 4.78 is 11.0. The summed E-state index contributed by atoms with van der Waals surface area (Å²) in [4.78, 5) is 10.7. The van der Waals surface area contributed by atoms with Crippen LogP contribution in [0.25, 0.3) is 0 Å². The molecular weight excluding hydrogens is 487 g/mol. The molecule has 3 rings (SSSR count). The van der Waals surface area contributed by atoms with Gasteiger partial charge in [-0.3, -0.25) is 9.89 Å². The Morgan fingerprint density at radius 1 is 1.29 bits per heavy atom. The summed E-state index contributed by atoms with van der Waals surface area (Å²) in [6.45, 7) is 7.36. The highest BCUT2D eigenvalue weighted by molar-refractivity contribution is 14.0. The van der Waals surface area contributed by atoms with Crippen molar-refractivity contribution in [3.8, 4) is 0 Å². The number of ether oxygens (including phenoxy) is 2. The van der Waals surface area contributed by atoms with Crippen LogP contribution in [0.1, 0.15) is 30.2 Å². The normalized spacial score (nSPS) is 20.4. The molecule has 0 aliphatic carbocycles. The molecule has 3 heterocycles. The number of aliphatic imine (C=N–C) groups is 1. The largest absolute Gasteiger partial charge is 0.381 e. The molecule has 0 spiro atoms. The first kappa shape index (κ1) is 23.9. The molecule has 1 aromatic rings. The van der Waals surface area contributed by atoms with E-state index >= 15 is 0 Å². The van der Waals surface area contributed by atoms with Crippen molar-refractivity contribution in [2.45, 2.75) is 25.3 Å². The number of guanidine groups is 1. The Labute approximate surface area is 190 Å². The first-order valence-electron chi connectivity index (χ1n) is 10.1. The maximum Gasteiger partial charge on any atom is 0.193 e. The third kappa shape index (κ3) is 7.12. The number of halogens is 1. The molecule has 0 saturated carbocycles. The van der Waals surface area contributed by atoms with Gasteiger partial charge in [0, 0.05) is 58.4 Å². The number of hydrogen-bond donors (Lipinski definition) is 1. The van der Waals surface area contributed by atoms with Gasteiger partial charge in [-0.1, -0.05) is 6.07 Å². The molecule has 28 heavy (non-hydrogen) atoms. The average Bonchev–Trinajstić information content (AvgIpc) is 3.25. The fourth-order valence-corrected chi connectivity index (χ4v) is 4.73. The topological polar surface area (TPSA) is 49.3 Å². The Morgan fingerprint density at radius 2 is 2.00 bits per heavy atom. The molecule has 2 aliphatic heterocycles. The maximum absolute atomic E-state index is 5.54. The molecule has 1 N–H and O–H groups in total. The van der Waals surface area contributed by atoms with Gasteiger partial charge in [0.25, 0.3) is 0 Å². The summed E-state index contributed by atoms with van der Waals surface area (Å²) in [5, 5.41) is 5.78. The predicted octanol–water partition coefficient (Wildman–Crippen LogP) is 3.06. The van der Waals surface area contributed by atoms with Crippen molar-refractivity contribution in [2.24, 2.45) is 10.9 Å². The van der Waals surface area contributed by atoms with Crippen LogP contribution in [0.5, 0.6) is 0 Å². The van der Waals surface area contributed by atoms with E-state index in [9.17, 15) is 0 Å². The van der Waals surface area contributed by atoms with Crippen LogP contribution in [-0.4, -0.2) is 82.5 Å². The van der Waals surface area contributed by atoms with Gasteiger partial charge in [-0.05, 0) is 36.6 Å². The Balaban J connectivity index is 0.00000280. The minimum Gasteiger partial charge on any atom is -0.381 e. The van der Waals surface area contributed by atoms with E-state index in [2.05, 4.69) is 44.7 Å². The van der Waals surface area contributed by atoms with Crippen molar-refractivity contribution < 1.29 is 9.47 Å². The van der Waals surface area contributed by atoms with Gasteiger partial charge in [0.05, 0.1) is 19.3 Å². The summed E-state index contributed by atoms with van der Waals surface area (Å²) in [6, 6.07) is 4.75. The van der Waals surface area contributed by atoms with Crippen molar-refractivity contribution in [2.75, 3.05) is 66.7 Å². The molecule has 1 atom stereocenters. The minimum atomic E-state index is 0. The third-order valence-electron chi connectivity index (χ3n) is 5.60. The van der Waals surface area contributed by atoms with E-state index in [-0.39, 0.29) is 24.0 Å². The zero-order valence-corrected chi connectivity index (χ0v) is 20.3. The summed E-state index contributed by atoms with van der Waals surface area (Å²) in [5.74, 6) is 1.77. The van der Waals surface area contributed by atoms with E-state index in [0.717, 1.165) is 64.5 Å². The zero-order chi connectivity index (χ0) is 18.9. The molecule has 0 bridgehead atoms. The van der Waals surface area contributed by atoms with Crippen molar-refractivity contribution in [1.82, 2.24) is 15.1 Å². The molecule has 160 valence electrons. The fourth-order valence-electron chi connectivity index (χ4n) is 3.87. The van der Waals surface area contributed by atoms with Crippen LogP contribution < -0.4 is 5.32 Å². The second-order valence-corrected chi connectivity index (χ2v) is 8.35. The number of rotatable bonds is 7. The van der Waals surface area contributed by atoms with E-state index in [4.69, 9.17) is 9.47 Å². The van der Waals surface area contributed by atoms with E-state index < -0.39 is 0 Å². The van der Waals surface area contributed by atoms with Crippen molar-refractivity contribution in [3.63, 3.8) is 0 Å². The Morgan fingerprint density at radius 3 is 2.64 bits per heavy atom. The van der Waals surface area contributed by atoms with Gasteiger partial charge in [0.1, 0.15) is 0 Å². The number of morpholine rings is 1. The average molecular weight is 522 g/mol. The molecule has 0 radical (unpaired) electrons. The summed E-state index contributed by atoms with van der Waals surface area (Å²) in [7, 11) is 4.02. The van der Waals surface area contributed by atoms with E-state index in [0.29, 0.717) is 6.04 Å². The highest BCUT2D eigenvalue weighted by Crippen LogP contribution is 2.25. The van der Waals surface area contributed by atoms with Gasteiger partial charge in [-0.25, -0.2) is 0 Å². The highest BCUT2D eigenvalue weighted by atomic mass is 127. The lowest BCUT2D eigenvalue weighted by molar-refractivity contribution is 0.0176. The molecule has 0 aromatic carbocycles. The number of hydrogen-bond acceptors (Lipinski definition) is 5. The van der Waals surface area contributed by atoms with Gasteiger partial charge in [0.15, 0.2) is 5.96 Å². The standard InChI is InChI=1S/C20H34N4O2S.HI/c1-21-20(23(2)8-5-17-6-11-25-12-7-17)22-16-18(19-4-3-15-27-19)24-9-13-26-14-10-24;/h3-4,15,17-18H,5-14,16H2,1-2H3,(H,21,22);1H. The van der Waals surface area contributed by atoms with E-state index in [1.165, 1.54) is 24.1 Å². The molecule has 8 heteroatoms. The van der Waals surface area contributed by atoms with Crippen molar-refractivity contribution in [1.29, 1.82) is 0 Å². The van der Waals surface area contributed by atoms with Crippen LogP contribution >= 0.6 is 35.3 Å². The van der Waals surface area contributed by atoms with Crippen LogP contribution in [0.2, 0.25) is 0 Å². The lowest BCUT2D eigenvalue weighted by atomic mass is 9.96. The van der Waals surface area contributed by atoms with Crippen LogP contribution in [0.15, 0.2) is 22.5 Å². The fraction of sp³-hybridized carbons (Fsp3) is 0.750. The lowest BCUT2D eigenvalue weighted by Crippen LogP contribution is -2.46. The summed E-state index contributed by atoms with van der Waals surface area (Å²) in [5.41, 5.74) is 0. The van der Waals surface area contributed by atoms with Crippen LogP contribution in [0.3, 0.4) is 0 Å². The molecule has 2 aliphatic rings. The second-order valence-electron chi connectivity index (χ2n) is 7.37. The molecule has 6 nitrogen and oxygen atoms in total.